The molecule has 12 unspecified atom stereocenters. The maximum absolute atomic E-state index is 13.4. The summed E-state index contributed by atoms with van der Waals surface area (Å²) in [5.41, 5.74) is 0. The molecule has 0 aliphatic carbocycles. The number of carbonyl (C=O) groups excluding carboxylic acids is 1. The predicted molar refractivity (Wildman–Crippen MR) is 419 cm³/mol. The average molecular weight is 1410 g/mol. The molecule has 0 aromatic rings. The van der Waals surface area contributed by atoms with E-state index in [0.717, 1.165) is 116 Å². The van der Waals surface area contributed by atoms with Gasteiger partial charge in [0, 0.05) is 6.42 Å². The number of aliphatic hydroxyl groups excluding tert-OH is 8. The molecule has 574 valence electrons. The zero-order valence-electron chi connectivity index (χ0n) is 62.8. The van der Waals surface area contributed by atoms with Crippen molar-refractivity contribution in [3.63, 3.8) is 0 Å². The number of rotatable bonds is 64. The largest absolute Gasteiger partial charge is 0.394 e. The Morgan fingerprint density at radius 1 is 0.366 bits per heavy atom. The minimum absolute atomic E-state index is 0.233. The Morgan fingerprint density at radius 3 is 1.09 bits per heavy atom. The van der Waals surface area contributed by atoms with Gasteiger partial charge >= 0.3 is 0 Å². The molecule has 0 radical (unpaired) electrons. The quantitative estimate of drug-likeness (QED) is 0.0204. The standard InChI is InChI=1S/C87H143NO13/c1-3-5-7-9-11-13-15-17-19-21-23-25-27-29-31-32-33-34-35-36-37-38-39-40-41-42-43-44-45-47-49-51-53-55-57-59-61-63-65-67-69-71-79(92)88-75(74-98-86-84(97)82(95)85(78(73-90)100-86)101-87-83(96)81(94)80(93)77(72-89)99-87)76(91)70-68-66-64-62-60-58-56-54-52-50-48-46-30-28-26-24-22-20-18-16-14-12-10-8-6-4-2/h5,7,11,13,17,19,23,25,29,31,33-34,36-37,39-40,42-43,45,47,51,53,57,59-60,62,68,70,75-78,80-87,89-91,93-97H,3-4,6,8-10,12,14-16,18,20-22,24,26-28,30,32,35,38,41,44,46,48-50,52,54-56,58,61,63-67,69,71-74H2,1-2H3,(H,88,92)/b7-5-,13-11-,19-17-,25-23-,31-29-,34-33-,37-36-,40-39-,43-42-,47-45-,53-51-,59-57-,62-60+,70-68+. The molecule has 9 N–H and O–H groups in total. The van der Waals surface area contributed by atoms with Crippen molar-refractivity contribution in [2.24, 2.45) is 0 Å². The second kappa shape index (κ2) is 68.5. The van der Waals surface area contributed by atoms with E-state index >= 15 is 0 Å². The molecule has 12 atom stereocenters. The molecule has 14 heteroatoms. The van der Waals surface area contributed by atoms with E-state index < -0.39 is 86.8 Å². The van der Waals surface area contributed by atoms with Crippen LogP contribution in [-0.4, -0.2) is 140 Å². The smallest absolute Gasteiger partial charge is 0.220 e. The van der Waals surface area contributed by atoms with Crippen LogP contribution in [0.4, 0.5) is 0 Å². The van der Waals surface area contributed by atoms with Crippen LogP contribution in [0, 0.1) is 0 Å². The first-order chi connectivity index (χ1) is 49.6. The van der Waals surface area contributed by atoms with Crippen molar-refractivity contribution in [1.29, 1.82) is 0 Å². The fraction of sp³-hybridized carbons (Fsp3) is 0.667. The maximum Gasteiger partial charge on any atom is 0.220 e. The van der Waals surface area contributed by atoms with Crippen LogP contribution < -0.4 is 5.32 Å². The number of unbranched alkanes of at least 4 members (excludes halogenated alkanes) is 25. The summed E-state index contributed by atoms with van der Waals surface area (Å²) in [4.78, 5) is 13.4. The first-order valence-corrected chi connectivity index (χ1v) is 39.9. The van der Waals surface area contributed by atoms with Crippen molar-refractivity contribution in [1.82, 2.24) is 5.32 Å². The third-order valence-corrected chi connectivity index (χ3v) is 18.1. The maximum atomic E-state index is 13.4. The van der Waals surface area contributed by atoms with E-state index in [9.17, 15) is 45.6 Å². The minimum atomic E-state index is -1.80. The summed E-state index contributed by atoms with van der Waals surface area (Å²) in [6.45, 7) is 2.66. The van der Waals surface area contributed by atoms with Gasteiger partial charge in [0.1, 0.15) is 48.8 Å². The molecule has 0 aromatic heterocycles. The molecule has 101 heavy (non-hydrogen) atoms. The number of hydrogen-bond acceptors (Lipinski definition) is 13. The molecule has 14 nitrogen and oxygen atoms in total. The summed E-state index contributed by atoms with van der Waals surface area (Å²) in [6.07, 6.45) is 89.9. The molecule has 2 fully saturated rings. The van der Waals surface area contributed by atoms with E-state index in [1.54, 1.807) is 6.08 Å². The fourth-order valence-electron chi connectivity index (χ4n) is 11.9. The Kier molecular flexibility index (Phi) is 62.7. The van der Waals surface area contributed by atoms with E-state index in [4.69, 9.17) is 18.9 Å². The molecule has 2 aliphatic rings. The lowest BCUT2D eigenvalue weighted by Gasteiger charge is -2.46. The molecule has 1 amide bonds. The number of allylic oxidation sites excluding steroid dienone is 27. The van der Waals surface area contributed by atoms with Gasteiger partial charge in [-0.2, -0.15) is 0 Å². The van der Waals surface area contributed by atoms with Gasteiger partial charge in [-0.05, 0) is 122 Å². The van der Waals surface area contributed by atoms with Crippen LogP contribution in [0.3, 0.4) is 0 Å². The summed E-state index contributed by atoms with van der Waals surface area (Å²) < 4.78 is 22.9. The summed E-state index contributed by atoms with van der Waals surface area (Å²) in [6, 6.07) is -0.960. The van der Waals surface area contributed by atoms with Gasteiger partial charge in [0.2, 0.25) is 5.91 Å². The second-order valence-electron chi connectivity index (χ2n) is 27.1. The molecule has 0 bridgehead atoms. The van der Waals surface area contributed by atoms with Crippen molar-refractivity contribution in [2.75, 3.05) is 19.8 Å². The van der Waals surface area contributed by atoms with Crippen LogP contribution in [0.5, 0.6) is 0 Å². The summed E-state index contributed by atoms with van der Waals surface area (Å²) >= 11 is 0. The highest BCUT2D eigenvalue weighted by Crippen LogP contribution is 2.30. The van der Waals surface area contributed by atoms with Crippen LogP contribution in [-0.2, 0) is 23.7 Å². The zero-order valence-corrected chi connectivity index (χ0v) is 62.8. The lowest BCUT2D eigenvalue weighted by molar-refractivity contribution is -0.359. The van der Waals surface area contributed by atoms with Gasteiger partial charge < -0.3 is 65.1 Å². The number of hydrogen-bond donors (Lipinski definition) is 9. The third kappa shape index (κ3) is 51.2. The first kappa shape index (κ1) is 92.4. The highest BCUT2D eigenvalue weighted by Gasteiger charge is 2.51. The summed E-state index contributed by atoms with van der Waals surface area (Å²) in [5, 5.41) is 87.6. The number of nitrogens with one attached hydrogen (secondary N) is 1. The number of amides is 1. The zero-order chi connectivity index (χ0) is 73.0. The number of carbonyl (C=O) groups is 1. The lowest BCUT2D eigenvalue weighted by atomic mass is 9.97. The van der Waals surface area contributed by atoms with E-state index in [2.05, 4.69) is 177 Å². The van der Waals surface area contributed by atoms with Crippen molar-refractivity contribution < 1.29 is 64.6 Å². The van der Waals surface area contributed by atoms with Gasteiger partial charge in [0.15, 0.2) is 12.6 Å². The number of ether oxygens (including phenoxy) is 4. The monoisotopic (exact) mass is 1410 g/mol. The van der Waals surface area contributed by atoms with Gasteiger partial charge in [0.05, 0.1) is 32.0 Å². The van der Waals surface area contributed by atoms with Crippen molar-refractivity contribution in [3.05, 3.63) is 170 Å². The first-order valence-electron chi connectivity index (χ1n) is 39.9. The summed E-state index contributed by atoms with van der Waals surface area (Å²) in [7, 11) is 0. The Labute approximate surface area is 613 Å². The molecule has 2 heterocycles. The molecular weight excluding hydrogens is 1270 g/mol. The van der Waals surface area contributed by atoms with Gasteiger partial charge in [-0.1, -0.05) is 319 Å². The molecule has 2 saturated heterocycles. The minimum Gasteiger partial charge on any atom is -0.394 e. The Morgan fingerprint density at radius 2 is 0.693 bits per heavy atom. The normalized spacial score (nSPS) is 22.7. The van der Waals surface area contributed by atoms with E-state index in [0.29, 0.717) is 12.8 Å². The molecular formula is C87H143NO13. The van der Waals surface area contributed by atoms with Gasteiger partial charge in [-0.3, -0.25) is 4.79 Å². The van der Waals surface area contributed by atoms with E-state index in [-0.39, 0.29) is 18.9 Å². The molecule has 0 aromatic carbocycles. The Hall–Kier alpha value is -4.65. The fourth-order valence-corrected chi connectivity index (χ4v) is 11.9. The third-order valence-electron chi connectivity index (χ3n) is 18.1. The van der Waals surface area contributed by atoms with E-state index in [1.807, 2.05) is 6.08 Å². The highest BCUT2D eigenvalue weighted by molar-refractivity contribution is 5.76. The van der Waals surface area contributed by atoms with Gasteiger partial charge in [0.25, 0.3) is 0 Å². The second-order valence-corrected chi connectivity index (χ2v) is 27.1. The van der Waals surface area contributed by atoms with Crippen LogP contribution >= 0.6 is 0 Å². The van der Waals surface area contributed by atoms with Crippen LogP contribution in [0.15, 0.2) is 170 Å². The van der Waals surface area contributed by atoms with Crippen molar-refractivity contribution in [3.8, 4) is 0 Å². The average Bonchev–Trinajstić information content (AvgIpc) is 0.792. The Bertz CT molecular complexity index is 2360. The number of aliphatic hydroxyl groups is 8. The van der Waals surface area contributed by atoms with Gasteiger partial charge in [-0.25, -0.2) is 0 Å². The van der Waals surface area contributed by atoms with Crippen LogP contribution in [0.1, 0.15) is 277 Å². The topological polar surface area (TPSA) is 228 Å². The molecule has 2 rings (SSSR count). The van der Waals surface area contributed by atoms with Crippen molar-refractivity contribution >= 4 is 5.91 Å². The molecule has 0 spiro atoms. The predicted octanol–water partition coefficient (Wildman–Crippen LogP) is 18.3. The van der Waals surface area contributed by atoms with Gasteiger partial charge in [-0.15, -0.1) is 0 Å². The van der Waals surface area contributed by atoms with Crippen molar-refractivity contribution in [2.45, 2.75) is 351 Å². The van der Waals surface area contributed by atoms with Crippen LogP contribution in [0.2, 0.25) is 0 Å². The summed E-state index contributed by atoms with van der Waals surface area (Å²) in [5.74, 6) is -0.278. The highest BCUT2D eigenvalue weighted by atomic mass is 16.7. The SMILES string of the molecule is CC/C=C\C/C=C\C/C=C\C/C=C\C/C=C\C/C=C\C/C=C\C/C=C\C/C=C\C/C=C\C/C=C\C/C=C\CCCCCCC(=O)NC(COC1OC(CO)C(OC2OC(CO)C(O)C(O)C2O)C(O)C1O)C(O)/C=C/CC/C=C/CCCCCCCCCCCCCCCCCCCCCC. The van der Waals surface area contributed by atoms with Crippen LogP contribution in [0.25, 0.3) is 0 Å². The van der Waals surface area contributed by atoms with E-state index in [1.165, 1.54) is 128 Å². The molecule has 2 aliphatic heterocycles. The molecule has 0 saturated carbocycles. The Balaban J connectivity index is 1.67. The lowest BCUT2D eigenvalue weighted by Crippen LogP contribution is -2.65.